The first kappa shape index (κ1) is 10.6. The molecule has 2 unspecified atom stereocenters. The van der Waals surface area contributed by atoms with E-state index >= 15 is 0 Å². The first-order valence-electron chi connectivity index (χ1n) is 6.51. The zero-order valence-electron chi connectivity index (χ0n) is 9.98. The predicted octanol–water partition coefficient (Wildman–Crippen LogP) is 1.67. The lowest BCUT2D eigenvalue weighted by atomic mass is 9.96. The number of ether oxygens (including phenoxy) is 1. The van der Waals surface area contributed by atoms with Crippen molar-refractivity contribution in [2.45, 2.75) is 56.7 Å². The van der Waals surface area contributed by atoms with Gasteiger partial charge >= 0.3 is 0 Å². The van der Waals surface area contributed by atoms with Crippen molar-refractivity contribution in [3.8, 4) is 0 Å². The summed E-state index contributed by atoms with van der Waals surface area (Å²) in [5, 5.41) is 10.7. The second-order valence-electron chi connectivity index (χ2n) is 5.55. The van der Waals surface area contributed by atoms with Crippen molar-refractivity contribution in [2.24, 2.45) is 0 Å². The van der Waals surface area contributed by atoms with E-state index in [9.17, 15) is 5.11 Å². The second kappa shape index (κ2) is 3.74. The SMILES string of the molecule is CC1CC(O)(C2=CCCCO2)CN1C1CC1. The molecule has 1 aliphatic carbocycles. The summed E-state index contributed by atoms with van der Waals surface area (Å²) in [6.45, 7) is 3.76. The molecular weight excluding hydrogens is 202 g/mol. The topological polar surface area (TPSA) is 32.7 Å². The van der Waals surface area contributed by atoms with Gasteiger partial charge in [0.05, 0.1) is 6.61 Å². The smallest absolute Gasteiger partial charge is 0.135 e. The summed E-state index contributed by atoms with van der Waals surface area (Å²) in [4.78, 5) is 2.46. The molecule has 0 spiro atoms. The molecule has 0 aromatic heterocycles. The Balaban J connectivity index is 1.75. The Morgan fingerprint density at radius 1 is 1.50 bits per heavy atom. The fourth-order valence-corrected chi connectivity index (χ4v) is 3.08. The highest BCUT2D eigenvalue weighted by Crippen LogP contribution is 2.41. The molecule has 0 bridgehead atoms. The molecule has 1 saturated heterocycles. The average molecular weight is 223 g/mol. The van der Waals surface area contributed by atoms with Gasteiger partial charge in [-0.1, -0.05) is 0 Å². The number of aliphatic hydroxyl groups is 1. The van der Waals surface area contributed by atoms with E-state index in [1.807, 2.05) is 0 Å². The van der Waals surface area contributed by atoms with E-state index in [-0.39, 0.29) is 0 Å². The molecule has 0 radical (unpaired) electrons. The molecule has 2 fully saturated rings. The third-order valence-corrected chi connectivity index (χ3v) is 4.05. The van der Waals surface area contributed by atoms with E-state index in [2.05, 4.69) is 17.9 Å². The number of β-amino-alcohol motifs (C(OH)–C–C–N with tert-alkyl or cyclic N) is 1. The van der Waals surface area contributed by atoms with Gasteiger partial charge in [-0.15, -0.1) is 0 Å². The van der Waals surface area contributed by atoms with Crippen molar-refractivity contribution in [1.29, 1.82) is 0 Å². The highest BCUT2D eigenvalue weighted by atomic mass is 16.5. The lowest BCUT2D eigenvalue weighted by Gasteiger charge is -2.28. The molecule has 0 aromatic rings. The largest absolute Gasteiger partial charge is 0.495 e. The van der Waals surface area contributed by atoms with Crippen LogP contribution in [-0.2, 0) is 4.74 Å². The predicted molar refractivity (Wildman–Crippen MR) is 62.0 cm³/mol. The molecule has 3 heteroatoms. The molecule has 0 amide bonds. The maximum Gasteiger partial charge on any atom is 0.135 e. The van der Waals surface area contributed by atoms with Crippen LogP contribution in [0.25, 0.3) is 0 Å². The van der Waals surface area contributed by atoms with Crippen LogP contribution in [0.15, 0.2) is 11.8 Å². The number of hydrogen-bond acceptors (Lipinski definition) is 3. The number of hydrogen-bond donors (Lipinski definition) is 1. The summed E-state index contributed by atoms with van der Waals surface area (Å²) in [7, 11) is 0. The van der Waals surface area contributed by atoms with E-state index in [1.54, 1.807) is 0 Å². The molecule has 2 aliphatic heterocycles. The van der Waals surface area contributed by atoms with Crippen molar-refractivity contribution in [3.63, 3.8) is 0 Å². The van der Waals surface area contributed by atoms with Gasteiger partial charge < -0.3 is 9.84 Å². The number of allylic oxidation sites excluding steroid dienone is 1. The van der Waals surface area contributed by atoms with Gasteiger partial charge in [-0.25, -0.2) is 0 Å². The van der Waals surface area contributed by atoms with Gasteiger partial charge in [-0.05, 0) is 45.1 Å². The Morgan fingerprint density at radius 2 is 2.31 bits per heavy atom. The van der Waals surface area contributed by atoms with E-state index in [0.717, 1.165) is 44.2 Å². The van der Waals surface area contributed by atoms with Gasteiger partial charge in [0.1, 0.15) is 11.4 Å². The van der Waals surface area contributed by atoms with E-state index < -0.39 is 5.60 Å². The van der Waals surface area contributed by atoms with Gasteiger partial charge in [0.25, 0.3) is 0 Å². The third kappa shape index (κ3) is 1.76. The molecule has 2 heterocycles. The third-order valence-electron chi connectivity index (χ3n) is 4.05. The van der Waals surface area contributed by atoms with Gasteiger partial charge in [0.2, 0.25) is 0 Å². The van der Waals surface area contributed by atoms with Crippen LogP contribution in [0.2, 0.25) is 0 Å². The Morgan fingerprint density at radius 3 is 2.94 bits per heavy atom. The molecule has 3 nitrogen and oxygen atoms in total. The van der Waals surface area contributed by atoms with E-state index in [0.29, 0.717) is 6.04 Å². The van der Waals surface area contributed by atoms with Crippen LogP contribution in [0.3, 0.4) is 0 Å². The van der Waals surface area contributed by atoms with Gasteiger partial charge in [-0.3, -0.25) is 4.90 Å². The monoisotopic (exact) mass is 223 g/mol. The van der Waals surface area contributed by atoms with Gasteiger partial charge in [-0.2, -0.15) is 0 Å². The molecule has 0 aromatic carbocycles. The van der Waals surface area contributed by atoms with Crippen molar-refractivity contribution in [2.75, 3.05) is 13.2 Å². The maximum absolute atomic E-state index is 10.7. The summed E-state index contributed by atoms with van der Waals surface area (Å²) < 4.78 is 5.65. The first-order valence-corrected chi connectivity index (χ1v) is 6.51. The average Bonchev–Trinajstić information content (AvgIpc) is 3.07. The van der Waals surface area contributed by atoms with Crippen LogP contribution >= 0.6 is 0 Å². The Kier molecular flexibility index (Phi) is 2.48. The molecule has 2 atom stereocenters. The normalized spacial score (nSPS) is 40.6. The van der Waals surface area contributed by atoms with Crippen LogP contribution in [-0.4, -0.2) is 40.8 Å². The van der Waals surface area contributed by atoms with Crippen molar-refractivity contribution >= 4 is 0 Å². The minimum atomic E-state index is -0.706. The van der Waals surface area contributed by atoms with E-state index in [1.165, 1.54) is 12.8 Å². The molecule has 1 saturated carbocycles. The van der Waals surface area contributed by atoms with Crippen LogP contribution in [0, 0.1) is 0 Å². The zero-order chi connectivity index (χ0) is 11.2. The van der Waals surface area contributed by atoms with Crippen LogP contribution in [0.1, 0.15) is 39.0 Å². The number of likely N-dealkylation sites (tertiary alicyclic amines) is 1. The summed E-state index contributed by atoms with van der Waals surface area (Å²) in [5.41, 5.74) is -0.706. The highest BCUT2D eigenvalue weighted by Gasteiger charge is 2.49. The summed E-state index contributed by atoms with van der Waals surface area (Å²) in [5.74, 6) is 0.841. The van der Waals surface area contributed by atoms with E-state index in [4.69, 9.17) is 4.74 Å². The van der Waals surface area contributed by atoms with Crippen LogP contribution in [0.5, 0.6) is 0 Å². The van der Waals surface area contributed by atoms with Crippen molar-refractivity contribution in [1.82, 2.24) is 4.90 Å². The second-order valence-corrected chi connectivity index (χ2v) is 5.55. The lowest BCUT2D eigenvalue weighted by Crippen LogP contribution is -2.38. The molecule has 3 rings (SSSR count). The quantitative estimate of drug-likeness (QED) is 0.773. The fraction of sp³-hybridized carbons (Fsp3) is 0.846. The van der Waals surface area contributed by atoms with Crippen molar-refractivity contribution < 1.29 is 9.84 Å². The van der Waals surface area contributed by atoms with Gasteiger partial charge in [0, 0.05) is 18.6 Å². The maximum atomic E-state index is 10.7. The Hall–Kier alpha value is -0.540. The number of nitrogens with zero attached hydrogens (tertiary/aromatic N) is 1. The van der Waals surface area contributed by atoms with Gasteiger partial charge in [0.15, 0.2) is 0 Å². The highest BCUT2D eigenvalue weighted by molar-refractivity contribution is 5.18. The molecule has 3 aliphatic rings. The molecule has 16 heavy (non-hydrogen) atoms. The first-order chi connectivity index (χ1) is 7.69. The summed E-state index contributed by atoms with van der Waals surface area (Å²) >= 11 is 0. The molecule has 1 N–H and O–H groups in total. The van der Waals surface area contributed by atoms with Crippen LogP contribution < -0.4 is 0 Å². The minimum Gasteiger partial charge on any atom is -0.495 e. The fourth-order valence-electron chi connectivity index (χ4n) is 3.08. The summed E-state index contributed by atoms with van der Waals surface area (Å²) in [6, 6.07) is 1.22. The summed E-state index contributed by atoms with van der Waals surface area (Å²) in [6.07, 6.45) is 7.67. The Bertz CT molecular complexity index is 311. The number of rotatable bonds is 2. The molecule has 90 valence electrons. The minimum absolute atomic E-state index is 0.490. The standard InChI is InChI=1S/C13H21NO2/c1-10-8-13(15,9-14(10)11-5-6-11)12-4-2-3-7-16-12/h4,10-11,15H,2-3,5-9H2,1H3. The van der Waals surface area contributed by atoms with Crippen LogP contribution in [0.4, 0.5) is 0 Å². The molecular formula is C13H21NO2. The zero-order valence-corrected chi connectivity index (χ0v) is 9.98. The Labute approximate surface area is 97.1 Å². The van der Waals surface area contributed by atoms with Crippen molar-refractivity contribution in [3.05, 3.63) is 11.8 Å². The lowest BCUT2D eigenvalue weighted by molar-refractivity contribution is 0.0109.